The van der Waals surface area contributed by atoms with Gasteiger partial charge >= 0.3 is 0 Å². The number of hydrogen-bond donors (Lipinski definition) is 2. The molecule has 3 heterocycles. The SMILES string of the molecule is Cc1cccc2nc(CCNc3ncnc4[nH]cnc34)n(-c3cccc(OCC4CC4)c3)c(=O)c12. The molecule has 0 bridgehead atoms. The van der Waals surface area contributed by atoms with Crippen molar-refractivity contribution < 1.29 is 4.74 Å². The molecule has 0 saturated heterocycles. The minimum absolute atomic E-state index is 0.0841. The Morgan fingerprint density at radius 1 is 1.14 bits per heavy atom. The Bertz CT molecular complexity index is 1590. The molecule has 1 aliphatic carbocycles. The predicted molar refractivity (Wildman–Crippen MR) is 134 cm³/mol. The largest absolute Gasteiger partial charge is 0.493 e. The number of rotatable bonds is 8. The molecule has 2 aromatic carbocycles. The first-order valence-corrected chi connectivity index (χ1v) is 11.8. The summed E-state index contributed by atoms with van der Waals surface area (Å²) < 4.78 is 7.68. The molecule has 176 valence electrons. The first-order valence-electron chi connectivity index (χ1n) is 11.8. The number of nitrogens with one attached hydrogen (secondary N) is 2. The standard InChI is InChI=1S/C26H25N7O2/c1-16-4-2-7-20-22(16)26(34)33(18-5-3-6-19(12-18)35-13-17-8-9-17)21(32-20)10-11-27-24-23-25(29-14-28-23)31-15-30-24/h2-7,12,14-15,17H,8-11,13H2,1H3,(H2,27,28,29,30,31). The highest BCUT2D eigenvalue weighted by Crippen LogP contribution is 2.30. The summed E-state index contributed by atoms with van der Waals surface area (Å²) in [5.74, 6) is 2.71. The van der Waals surface area contributed by atoms with Crippen LogP contribution < -0.4 is 15.6 Å². The number of H-pyrrole nitrogens is 1. The smallest absolute Gasteiger partial charge is 0.266 e. The van der Waals surface area contributed by atoms with Gasteiger partial charge in [-0.05, 0) is 49.4 Å². The van der Waals surface area contributed by atoms with E-state index >= 15 is 0 Å². The summed E-state index contributed by atoms with van der Waals surface area (Å²) in [6, 6.07) is 13.5. The molecule has 0 radical (unpaired) electrons. The van der Waals surface area contributed by atoms with E-state index in [1.54, 1.807) is 10.9 Å². The zero-order chi connectivity index (χ0) is 23.8. The van der Waals surface area contributed by atoms with Gasteiger partial charge in [-0.1, -0.05) is 18.2 Å². The average molecular weight is 468 g/mol. The lowest BCUT2D eigenvalue weighted by atomic mass is 10.1. The van der Waals surface area contributed by atoms with Gasteiger partial charge in [0, 0.05) is 19.0 Å². The molecule has 1 aliphatic rings. The number of anilines is 1. The molecule has 2 N–H and O–H groups in total. The predicted octanol–water partition coefficient (Wildman–Crippen LogP) is 3.80. The van der Waals surface area contributed by atoms with Crippen molar-refractivity contribution in [1.29, 1.82) is 0 Å². The molecule has 1 fully saturated rings. The molecule has 5 aromatic rings. The van der Waals surface area contributed by atoms with Crippen molar-refractivity contribution in [1.82, 2.24) is 29.5 Å². The Kier molecular flexibility index (Phi) is 5.36. The summed E-state index contributed by atoms with van der Waals surface area (Å²) in [6.45, 7) is 3.17. The second-order valence-electron chi connectivity index (χ2n) is 8.89. The van der Waals surface area contributed by atoms with Crippen molar-refractivity contribution >= 4 is 27.9 Å². The van der Waals surface area contributed by atoms with Crippen LogP contribution in [0.2, 0.25) is 0 Å². The van der Waals surface area contributed by atoms with Gasteiger partial charge < -0.3 is 15.0 Å². The van der Waals surface area contributed by atoms with E-state index < -0.39 is 0 Å². The fraction of sp³-hybridized carbons (Fsp3) is 0.269. The number of hydrogen-bond acceptors (Lipinski definition) is 7. The molecule has 1 saturated carbocycles. The van der Waals surface area contributed by atoms with Gasteiger partial charge in [0.25, 0.3) is 5.56 Å². The zero-order valence-electron chi connectivity index (χ0n) is 19.4. The van der Waals surface area contributed by atoms with Gasteiger partial charge in [0.2, 0.25) is 0 Å². The van der Waals surface area contributed by atoms with E-state index in [9.17, 15) is 4.79 Å². The lowest BCUT2D eigenvalue weighted by Crippen LogP contribution is -2.26. The first kappa shape index (κ1) is 21.3. The van der Waals surface area contributed by atoms with E-state index in [1.807, 2.05) is 49.4 Å². The fourth-order valence-electron chi connectivity index (χ4n) is 4.27. The lowest BCUT2D eigenvalue weighted by Gasteiger charge is -2.16. The van der Waals surface area contributed by atoms with Crippen LogP contribution in [-0.2, 0) is 6.42 Å². The van der Waals surface area contributed by atoms with E-state index in [4.69, 9.17) is 9.72 Å². The van der Waals surface area contributed by atoms with E-state index in [-0.39, 0.29) is 5.56 Å². The Morgan fingerprint density at radius 3 is 2.91 bits per heavy atom. The number of fused-ring (bicyclic) bond motifs is 2. The number of imidazole rings is 1. The monoisotopic (exact) mass is 467 g/mol. The van der Waals surface area contributed by atoms with Crippen molar-refractivity contribution in [3.63, 3.8) is 0 Å². The quantitative estimate of drug-likeness (QED) is 0.357. The molecule has 3 aromatic heterocycles. The van der Waals surface area contributed by atoms with Gasteiger partial charge in [0.15, 0.2) is 11.5 Å². The Morgan fingerprint density at radius 2 is 2.03 bits per heavy atom. The van der Waals surface area contributed by atoms with Crippen LogP contribution in [0.5, 0.6) is 5.75 Å². The van der Waals surface area contributed by atoms with Crippen LogP contribution in [0.1, 0.15) is 24.2 Å². The maximum atomic E-state index is 13.8. The second kappa shape index (κ2) is 8.83. The Balaban J connectivity index is 1.36. The minimum atomic E-state index is -0.0841. The van der Waals surface area contributed by atoms with Crippen LogP contribution in [0.4, 0.5) is 5.82 Å². The van der Waals surface area contributed by atoms with Crippen LogP contribution in [0.3, 0.4) is 0 Å². The zero-order valence-corrected chi connectivity index (χ0v) is 19.4. The second-order valence-corrected chi connectivity index (χ2v) is 8.89. The highest BCUT2D eigenvalue weighted by molar-refractivity contribution is 5.82. The normalized spacial score (nSPS) is 13.4. The van der Waals surface area contributed by atoms with Crippen molar-refractivity contribution in [2.75, 3.05) is 18.5 Å². The molecule has 0 unspecified atom stereocenters. The summed E-state index contributed by atoms with van der Waals surface area (Å²) in [4.78, 5) is 34.4. The maximum absolute atomic E-state index is 13.8. The molecule has 0 atom stereocenters. The van der Waals surface area contributed by atoms with Crippen molar-refractivity contribution in [2.45, 2.75) is 26.2 Å². The maximum Gasteiger partial charge on any atom is 0.266 e. The molecule has 0 amide bonds. The third-order valence-corrected chi connectivity index (χ3v) is 6.29. The van der Waals surface area contributed by atoms with Crippen molar-refractivity contribution in [3.8, 4) is 11.4 Å². The molecule has 9 nitrogen and oxygen atoms in total. The third-order valence-electron chi connectivity index (χ3n) is 6.29. The summed E-state index contributed by atoms with van der Waals surface area (Å²) in [6.07, 6.45) is 6.03. The number of benzene rings is 2. The number of aromatic nitrogens is 6. The molecular weight excluding hydrogens is 442 g/mol. The van der Waals surface area contributed by atoms with Crippen LogP contribution in [-0.4, -0.2) is 42.6 Å². The molecule has 35 heavy (non-hydrogen) atoms. The molecule has 9 heteroatoms. The van der Waals surface area contributed by atoms with Crippen molar-refractivity contribution in [2.24, 2.45) is 5.92 Å². The van der Waals surface area contributed by atoms with Crippen LogP contribution >= 0.6 is 0 Å². The minimum Gasteiger partial charge on any atom is -0.493 e. The number of ether oxygens (including phenoxy) is 1. The summed E-state index contributed by atoms with van der Waals surface area (Å²) in [5, 5.41) is 3.94. The van der Waals surface area contributed by atoms with Crippen molar-refractivity contribution in [3.05, 3.63) is 76.9 Å². The summed E-state index contributed by atoms with van der Waals surface area (Å²) >= 11 is 0. The number of nitrogens with zero attached hydrogens (tertiary/aromatic N) is 5. The van der Waals surface area contributed by atoms with Gasteiger partial charge in [-0.2, -0.15) is 0 Å². The van der Waals surface area contributed by atoms with Gasteiger partial charge in [0.05, 0.1) is 29.5 Å². The molecule has 0 aliphatic heterocycles. The Labute approximate surface area is 201 Å². The van der Waals surface area contributed by atoms with E-state index in [0.29, 0.717) is 59.2 Å². The van der Waals surface area contributed by atoms with E-state index in [1.165, 1.54) is 19.2 Å². The molecule has 0 spiro atoms. The van der Waals surface area contributed by atoms with Gasteiger partial charge in [-0.3, -0.25) is 9.36 Å². The third kappa shape index (κ3) is 4.21. The number of aryl methyl sites for hydroxylation is 1. The van der Waals surface area contributed by atoms with Gasteiger partial charge in [0.1, 0.15) is 23.4 Å². The molecule has 6 rings (SSSR count). The summed E-state index contributed by atoms with van der Waals surface area (Å²) in [7, 11) is 0. The average Bonchev–Trinajstić information content (AvgIpc) is 3.57. The summed E-state index contributed by atoms with van der Waals surface area (Å²) in [5.41, 5.74) is 3.60. The first-order chi connectivity index (χ1) is 17.2. The van der Waals surface area contributed by atoms with Crippen LogP contribution in [0.15, 0.2) is 59.9 Å². The highest BCUT2D eigenvalue weighted by atomic mass is 16.5. The van der Waals surface area contributed by atoms with E-state index in [0.717, 1.165) is 17.0 Å². The Hall–Kier alpha value is -4.27. The fourth-order valence-corrected chi connectivity index (χ4v) is 4.27. The molecular formula is C26H25N7O2. The van der Waals surface area contributed by atoms with Crippen LogP contribution in [0, 0.1) is 12.8 Å². The topological polar surface area (TPSA) is 111 Å². The number of aromatic amines is 1. The van der Waals surface area contributed by atoms with E-state index in [2.05, 4.69) is 25.3 Å². The van der Waals surface area contributed by atoms with Gasteiger partial charge in [-0.15, -0.1) is 0 Å². The lowest BCUT2D eigenvalue weighted by molar-refractivity contribution is 0.299. The van der Waals surface area contributed by atoms with Gasteiger partial charge in [-0.25, -0.2) is 19.9 Å². The van der Waals surface area contributed by atoms with Crippen LogP contribution in [0.25, 0.3) is 27.8 Å². The highest BCUT2D eigenvalue weighted by Gasteiger charge is 2.22.